The summed E-state index contributed by atoms with van der Waals surface area (Å²) < 4.78 is 41.0. The van der Waals surface area contributed by atoms with Crippen molar-refractivity contribution in [2.45, 2.75) is 17.6 Å². The lowest BCUT2D eigenvalue weighted by Gasteiger charge is -2.34. The maximum atomic E-state index is 14.0. The lowest BCUT2D eigenvalue weighted by atomic mass is 10.00. The topological polar surface area (TPSA) is 93.1 Å². The minimum Gasteiger partial charge on any atom is -0.477 e. The molecule has 0 unspecified atom stereocenters. The standard InChI is InChI=1S/C29H21NO6S/c31-28(32)27-26(29-35-23-15-7-8-16-24(23)36-29)21-13-5-9-17-25(21)37(33,34)30(27)22-14-6-4-12-20(22)18-19-10-2-1-3-11-19/h1-17,29H,18H2,(H,31,32). The van der Waals surface area contributed by atoms with E-state index in [1.54, 1.807) is 66.7 Å². The third-order valence-electron chi connectivity index (χ3n) is 6.36. The molecule has 2 aliphatic rings. The number of carboxylic acid groups (broad SMARTS) is 1. The second-order valence-corrected chi connectivity index (χ2v) is 10.4. The Hall–Kier alpha value is -4.56. The van der Waals surface area contributed by atoms with Gasteiger partial charge in [-0.05, 0) is 41.8 Å². The molecule has 7 nitrogen and oxygen atoms in total. The van der Waals surface area contributed by atoms with Crippen molar-refractivity contribution >= 4 is 27.3 Å². The zero-order valence-electron chi connectivity index (χ0n) is 19.4. The number of hydrogen-bond acceptors (Lipinski definition) is 5. The van der Waals surface area contributed by atoms with Crippen molar-refractivity contribution in [3.05, 3.63) is 126 Å². The molecule has 8 heteroatoms. The summed E-state index contributed by atoms with van der Waals surface area (Å²) in [7, 11) is -4.29. The van der Waals surface area contributed by atoms with E-state index in [0.717, 1.165) is 9.87 Å². The molecule has 0 fully saturated rings. The summed E-state index contributed by atoms with van der Waals surface area (Å²) in [6, 6.07) is 29.8. The molecule has 0 aromatic heterocycles. The van der Waals surface area contributed by atoms with Crippen LogP contribution < -0.4 is 13.8 Å². The molecule has 6 rings (SSSR count). The van der Waals surface area contributed by atoms with E-state index >= 15 is 0 Å². The normalized spacial score (nSPS) is 15.9. The molecule has 0 spiro atoms. The largest absolute Gasteiger partial charge is 0.477 e. The number of benzene rings is 4. The Bertz CT molecular complexity index is 1640. The van der Waals surface area contributed by atoms with E-state index in [2.05, 4.69) is 0 Å². The molecule has 184 valence electrons. The van der Waals surface area contributed by atoms with Crippen LogP contribution in [-0.4, -0.2) is 25.8 Å². The van der Waals surface area contributed by atoms with E-state index in [1.165, 1.54) is 6.07 Å². The van der Waals surface area contributed by atoms with Crippen LogP contribution in [0.25, 0.3) is 5.57 Å². The average molecular weight is 512 g/mol. The lowest BCUT2D eigenvalue weighted by Crippen LogP contribution is -2.41. The summed E-state index contributed by atoms with van der Waals surface area (Å²) in [5.74, 6) is -0.510. The highest BCUT2D eigenvalue weighted by atomic mass is 32.2. The van der Waals surface area contributed by atoms with Crippen LogP contribution in [0.4, 0.5) is 5.69 Å². The molecule has 2 heterocycles. The number of nitrogens with zero attached hydrogens (tertiary/aromatic N) is 1. The Morgan fingerprint density at radius 2 is 1.38 bits per heavy atom. The van der Waals surface area contributed by atoms with Crippen molar-refractivity contribution in [3.63, 3.8) is 0 Å². The second-order valence-electron chi connectivity index (χ2n) is 8.64. The SMILES string of the molecule is O=C(O)C1=C(C2Oc3ccccc3O2)c2ccccc2S(=O)(=O)N1c1ccccc1Cc1ccccc1. The van der Waals surface area contributed by atoms with Gasteiger partial charge < -0.3 is 14.6 Å². The van der Waals surface area contributed by atoms with Gasteiger partial charge in [-0.15, -0.1) is 0 Å². The third kappa shape index (κ3) is 3.82. The van der Waals surface area contributed by atoms with E-state index in [9.17, 15) is 18.3 Å². The Balaban J connectivity index is 1.59. The molecule has 0 amide bonds. The van der Waals surface area contributed by atoms with Gasteiger partial charge in [-0.25, -0.2) is 17.5 Å². The van der Waals surface area contributed by atoms with E-state index in [4.69, 9.17) is 9.47 Å². The van der Waals surface area contributed by atoms with Crippen molar-refractivity contribution in [1.29, 1.82) is 0 Å². The number of aliphatic carboxylic acids is 1. The van der Waals surface area contributed by atoms with Crippen molar-refractivity contribution in [2.75, 3.05) is 4.31 Å². The van der Waals surface area contributed by atoms with Gasteiger partial charge in [0, 0.05) is 5.56 Å². The highest BCUT2D eigenvalue weighted by molar-refractivity contribution is 7.93. The van der Waals surface area contributed by atoms with E-state index in [0.29, 0.717) is 23.5 Å². The van der Waals surface area contributed by atoms with E-state index < -0.39 is 28.0 Å². The van der Waals surface area contributed by atoms with Crippen LogP contribution in [0.3, 0.4) is 0 Å². The molecule has 0 radical (unpaired) electrons. The number of carboxylic acids is 1. The summed E-state index contributed by atoms with van der Waals surface area (Å²) in [4.78, 5) is 12.8. The molecule has 0 bridgehead atoms. The van der Waals surface area contributed by atoms with Crippen molar-refractivity contribution in [3.8, 4) is 11.5 Å². The number of para-hydroxylation sites is 3. The number of fused-ring (bicyclic) bond motifs is 2. The molecule has 1 N–H and O–H groups in total. The highest BCUT2D eigenvalue weighted by Gasteiger charge is 2.46. The van der Waals surface area contributed by atoms with Gasteiger partial charge in [-0.2, -0.15) is 0 Å². The first-order valence-corrected chi connectivity index (χ1v) is 13.1. The van der Waals surface area contributed by atoms with Gasteiger partial charge in [-0.3, -0.25) is 0 Å². The van der Waals surface area contributed by atoms with E-state index in [-0.39, 0.29) is 21.7 Å². The smallest absolute Gasteiger partial charge is 0.354 e. The zero-order chi connectivity index (χ0) is 25.6. The summed E-state index contributed by atoms with van der Waals surface area (Å²) in [6.07, 6.45) is -0.738. The van der Waals surface area contributed by atoms with Crippen LogP contribution in [0.2, 0.25) is 0 Å². The predicted octanol–water partition coefficient (Wildman–Crippen LogP) is 5.08. The van der Waals surface area contributed by atoms with Gasteiger partial charge in [-0.1, -0.05) is 78.9 Å². The molecule has 0 saturated carbocycles. The first kappa shape index (κ1) is 22.9. The lowest BCUT2D eigenvalue weighted by molar-refractivity contribution is -0.132. The van der Waals surface area contributed by atoms with Crippen molar-refractivity contribution in [2.24, 2.45) is 0 Å². The first-order valence-electron chi connectivity index (χ1n) is 11.6. The minimum absolute atomic E-state index is 0.0207. The van der Waals surface area contributed by atoms with Gasteiger partial charge in [0.2, 0.25) is 0 Å². The molecular formula is C29H21NO6S. The van der Waals surface area contributed by atoms with Crippen molar-refractivity contribution in [1.82, 2.24) is 0 Å². The monoisotopic (exact) mass is 511 g/mol. The Kier molecular flexibility index (Phi) is 5.46. The molecular weight excluding hydrogens is 490 g/mol. The van der Waals surface area contributed by atoms with Gasteiger partial charge in [0.15, 0.2) is 17.2 Å². The fourth-order valence-electron chi connectivity index (χ4n) is 4.75. The van der Waals surface area contributed by atoms with Crippen LogP contribution in [0.1, 0.15) is 16.7 Å². The highest BCUT2D eigenvalue weighted by Crippen LogP contribution is 2.46. The fraction of sp³-hybridized carbons (Fsp3) is 0.0690. The van der Waals surface area contributed by atoms with Crippen molar-refractivity contribution < 1.29 is 27.8 Å². The van der Waals surface area contributed by atoms with Gasteiger partial charge in [0.05, 0.1) is 16.2 Å². The van der Waals surface area contributed by atoms with Crippen LogP contribution >= 0.6 is 0 Å². The zero-order valence-corrected chi connectivity index (χ0v) is 20.3. The van der Waals surface area contributed by atoms with Gasteiger partial charge >= 0.3 is 5.97 Å². The molecule has 2 aliphatic heterocycles. The summed E-state index contributed by atoms with van der Waals surface area (Å²) in [5.41, 5.74) is 1.80. The minimum atomic E-state index is -4.29. The number of anilines is 1. The summed E-state index contributed by atoms with van der Waals surface area (Å²) >= 11 is 0. The Labute approximate surface area is 213 Å². The van der Waals surface area contributed by atoms with Gasteiger partial charge in [0.1, 0.15) is 0 Å². The predicted molar refractivity (Wildman–Crippen MR) is 138 cm³/mol. The fourth-order valence-corrected chi connectivity index (χ4v) is 6.51. The van der Waals surface area contributed by atoms with Gasteiger partial charge in [0.25, 0.3) is 16.3 Å². The van der Waals surface area contributed by atoms with E-state index in [1.807, 2.05) is 30.3 Å². The van der Waals surface area contributed by atoms with Crippen LogP contribution in [-0.2, 0) is 21.2 Å². The number of hydrogen-bond donors (Lipinski definition) is 1. The molecule has 0 atom stereocenters. The third-order valence-corrected chi connectivity index (χ3v) is 8.13. The number of rotatable bonds is 5. The maximum absolute atomic E-state index is 14.0. The molecule has 37 heavy (non-hydrogen) atoms. The number of sulfonamides is 1. The number of ether oxygens (including phenoxy) is 2. The Morgan fingerprint density at radius 3 is 2.08 bits per heavy atom. The van der Waals surface area contributed by atoms with Crippen LogP contribution in [0.5, 0.6) is 11.5 Å². The molecule has 4 aromatic carbocycles. The maximum Gasteiger partial charge on any atom is 0.354 e. The number of carbonyl (C=O) groups is 1. The molecule has 0 aliphatic carbocycles. The van der Waals surface area contributed by atoms with Crippen LogP contribution in [0.15, 0.2) is 114 Å². The first-order chi connectivity index (χ1) is 17.9. The summed E-state index contributed by atoms with van der Waals surface area (Å²) in [6.45, 7) is 0. The molecule has 0 saturated heterocycles. The second kappa shape index (κ2) is 8.83. The molecule has 4 aromatic rings. The quantitative estimate of drug-likeness (QED) is 0.402. The Morgan fingerprint density at radius 1 is 0.784 bits per heavy atom. The summed E-state index contributed by atoms with van der Waals surface area (Å²) in [5, 5.41) is 10.5. The van der Waals surface area contributed by atoms with Crippen LogP contribution in [0, 0.1) is 0 Å². The average Bonchev–Trinajstić information content (AvgIpc) is 3.33.